The van der Waals surface area contributed by atoms with Crippen molar-refractivity contribution in [3.63, 3.8) is 0 Å². The highest BCUT2D eigenvalue weighted by atomic mass is 35.5. The molecule has 0 spiro atoms. The topological polar surface area (TPSA) is 106 Å². The van der Waals surface area contributed by atoms with Crippen LogP contribution in [0.2, 0.25) is 5.02 Å². The molecule has 8 nitrogen and oxygen atoms in total. The van der Waals surface area contributed by atoms with Crippen LogP contribution in [0.25, 0.3) is 0 Å². The number of nitrogens with zero attached hydrogens (tertiary/aromatic N) is 1. The molecule has 0 bridgehead atoms. The molecule has 0 saturated heterocycles. The molecule has 2 N–H and O–H groups in total. The number of hydrogen-bond acceptors (Lipinski definition) is 6. The highest BCUT2D eigenvalue weighted by Crippen LogP contribution is 2.29. The van der Waals surface area contributed by atoms with Crippen molar-refractivity contribution in [1.29, 1.82) is 0 Å². The molecule has 0 radical (unpaired) electrons. The summed E-state index contributed by atoms with van der Waals surface area (Å²) < 4.78 is 37.9. The minimum atomic E-state index is -3.78. The molecule has 3 aromatic carbocycles. The number of sulfonamides is 1. The molecule has 0 fully saturated rings. The van der Waals surface area contributed by atoms with Gasteiger partial charge in [0.05, 0.1) is 25.3 Å². The molecule has 0 aromatic heterocycles. The number of nitrogens with one attached hydrogen (secondary N) is 2. The van der Waals surface area contributed by atoms with E-state index in [1.807, 2.05) is 0 Å². The third-order valence-corrected chi connectivity index (χ3v) is 5.98. The monoisotopic (exact) mass is 473 g/mol. The Bertz CT molecular complexity index is 1230. The Labute approximate surface area is 190 Å². The van der Waals surface area contributed by atoms with Crippen LogP contribution in [0.5, 0.6) is 11.5 Å². The number of halogens is 1. The lowest BCUT2D eigenvalue weighted by atomic mass is 10.2. The van der Waals surface area contributed by atoms with Crippen LogP contribution in [0.1, 0.15) is 15.9 Å². The van der Waals surface area contributed by atoms with Gasteiger partial charge in [-0.25, -0.2) is 13.8 Å². The van der Waals surface area contributed by atoms with E-state index < -0.39 is 15.9 Å². The van der Waals surface area contributed by atoms with Crippen molar-refractivity contribution in [2.24, 2.45) is 5.10 Å². The van der Waals surface area contributed by atoms with E-state index in [9.17, 15) is 13.2 Å². The highest BCUT2D eigenvalue weighted by Gasteiger charge is 2.14. The van der Waals surface area contributed by atoms with Gasteiger partial charge in [0.2, 0.25) is 0 Å². The van der Waals surface area contributed by atoms with Gasteiger partial charge in [-0.2, -0.15) is 5.10 Å². The minimum absolute atomic E-state index is 0.0750. The summed E-state index contributed by atoms with van der Waals surface area (Å²) in [5.74, 6) is 0.569. The summed E-state index contributed by atoms with van der Waals surface area (Å²) in [5, 5.41) is 4.39. The van der Waals surface area contributed by atoms with E-state index in [2.05, 4.69) is 15.2 Å². The second kappa shape index (κ2) is 10.2. The molecular formula is C22H20ClN3O5S. The van der Waals surface area contributed by atoms with Crippen LogP contribution in [-0.2, 0) is 10.0 Å². The van der Waals surface area contributed by atoms with Crippen LogP contribution in [-0.4, -0.2) is 34.8 Å². The van der Waals surface area contributed by atoms with Crippen molar-refractivity contribution in [3.8, 4) is 11.5 Å². The van der Waals surface area contributed by atoms with E-state index in [1.54, 1.807) is 18.2 Å². The van der Waals surface area contributed by atoms with E-state index in [-0.39, 0.29) is 4.90 Å². The third kappa shape index (κ3) is 5.57. The van der Waals surface area contributed by atoms with Gasteiger partial charge in [0.15, 0.2) is 11.5 Å². The molecule has 3 rings (SSSR count). The molecular weight excluding hydrogens is 454 g/mol. The van der Waals surface area contributed by atoms with Gasteiger partial charge >= 0.3 is 0 Å². The van der Waals surface area contributed by atoms with Crippen molar-refractivity contribution in [2.45, 2.75) is 4.90 Å². The Kier molecular flexibility index (Phi) is 7.34. The van der Waals surface area contributed by atoms with Gasteiger partial charge in [-0.1, -0.05) is 17.7 Å². The van der Waals surface area contributed by atoms with Crippen molar-refractivity contribution in [1.82, 2.24) is 5.43 Å². The molecule has 10 heteroatoms. The summed E-state index contributed by atoms with van der Waals surface area (Å²) in [4.78, 5) is 12.4. The first kappa shape index (κ1) is 23.1. The smallest absolute Gasteiger partial charge is 0.271 e. The summed E-state index contributed by atoms with van der Waals surface area (Å²) in [5.41, 5.74) is 3.65. The van der Waals surface area contributed by atoms with Gasteiger partial charge in [-0.15, -0.1) is 0 Å². The number of hydrazone groups is 1. The first-order valence-corrected chi connectivity index (χ1v) is 11.1. The summed E-state index contributed by atoms with van der Waals surface area (Å²) in [7, 11) is -0.737. The SMILES string of the molecule is COc1cccc(/C=N/NC(=O)c2ccc(NS(=O)(=O)c3ccc(Cl)cc3)cc2)c1OC. The van der Waals surface area contributed by atoms with Crippen molar-refractivity contribution in [2.75, 3.05) is 18.9 Å². The number of para-hydroxylation sites is 1. The molecule has 1 amide bonds. The first-order chi connectivity index (χ1) is 15.3. The number of benzene rings is 3. The predicted molar refractivity (Wildman–Crippen MR) is 123 cm³/mol. The molecule has 0 aliphatic carbocycles. The number of rotatable bonds is 8. The van der Waals surface area contributed by atoms with E-state index in [0.717, 1.165) is 0 Å². The zero-order chi connectivity index (χ0) is 23.1. The number of methoxy groups -OCH3 is 2. The van der Waals surface area contributed by atoms with Gasteiger partial charge in [-0.3, -0.25) is 9.52 Å². The molecule has 0 aliphatic heterocycles. The van der Waals surface area contributed by atoms with E-state index in [1.165, 1.54) is 69.0 Å². The maximum atomic E-state index is 12.4. The zero-order valence-corrected chi connectivity index (χ0v) is 18.8. The van der Waals surface area contributed by atoms with Crippen LogP contribution in [0.4, 0.5) is 5.69 Å². The number of carbonyl (C=O) groups is 1. The molecule has 0 heterocycles. The molecule has 166 valence electrons. The van der Waals surface area contributed by atoms with E-state index in [4.69, 9.17) is 21.1 Å². The second-order valence-electron chi connectivity index (χ2n) is 6.42. The molecule has 32 heavy (non-hydrogen) atoms. The fraction of sp³-hybridized carbons (Fsp3) is 0.0909. The lowest BCUT2D eigenvalue weighted by Crippen LogP contribution is -2.18. The average Bonchev–Trinajstić information content (AvgIpc) is 2.79. The Morgan fingerprint density at radius 2 is 1.66 bits per heavy atom. The van der Waals surface area contributed by atoms with Gasteiger partial charge in [0.25, 0.3) is 15.9 Å². The zero-order valence-electron chi connectivity index (χ0n) is 17.2. The lowest BCUT2D eigenvalue weighted by molar-refractivity contribution is 0.0955. The molecule has 0 atom stereocenters. The predicted octanol–water partition coefficient (Wildman–Crippen LogP) is 3.92. The van der Waals surface area contributed by atoms with Crippen LogP contribution in [0, 0.1) is 0 Å². The van der Waals surface area contributed by atoms with Crippen LogP contribution in [0.15, 0.2) is 76.7 Å². The fourth-order valence-corrected chi connectivity index (χ4v) is 3.94. The fourth-order valence-electron chi connectivity index (χ4n) is 2.76. The number of hydrogen-bond donors (Lipinski definition) is 2. The maximum absolute atomic E-state index is 12.4. The Hall–Kier alpha value is -3.56. The van der Waals surface area contributed by atoms with Crippen LogP contribution < -0.4 is 19.6 Å². The molecule has 0 unspecified atom stereocenters. The van der Waals surface area contributed by atoms with Crippen molar-refractivity contribution >= 4 is 39.4 Å². The van der Waals surface area contributed by atoms with E-state index >= 15 is 0 Å². The van der Waals surface area contributed by atoms with Gasteiger partial charge in [0, 0.05) is 21.8 Å². The van der Waals surface area contributed by atoms with Gasteiger partial charge in [-0.05, 0) is 60.7 Å². The third-order valence-electron chi connectivity index (χ3n) is 4.33. The Morgan fingerprint density at radius 3 is 2.28 bits per heavy atom. The van der Waals surface area contributed by atoms with Crippen molar-refractivity contribution < 1.29 is 22.7 Å². The summed E-state index contributed by atoms with van der Waals surface area (Å²) in [6, 6.07) is 17.0. The molecule has 0 saturated carbocycles. The number of carbonyl (C=O) groups excluding carboxylic acids is 1. The molecule has 0 aliphatic rings. The van der Waals surface area contributed by atoms with Crippen molar-refractivity contribution in [3.05, 3.63) is 82.9 Å². The minimum Gasteiger partial charge on any atom is -0.493 e. The van der Waals surface area contributed by atoms with E-state index in [0.29, 0.717) is 33.3 Å². The second-order valence-corrected chi connectivity index (χ2v) is 8.54. The number of amides is 1. The quantitative estimate of drug-likeness (QED) is 0.381. The average molecular weight is 474 g/mol. The molecule has 3 aromatic rings. The van der Waals surface area contributed by atoms with Gasteiger partial charge < -0.3 is 9.47 Å². The number of anilines is 1. The Morgan fingerprint density at radius 1 is 0.969 bits per heavy atom. The normalized spacial score (nSPS) is 11.2. The summed E-state index contributed by atoms with van der Waals surface area (Å²) >= 11 is 5.79. The number of ether oxygens (including phenoxy) is 2. The largest absolute Gasteiger partial charge is 0.493 e. The van der Waals surface area contributed by atoms with Gasteiger partial charge in [0.1, 0.15) is 0 Å². The maximum Gasteiger partial charge on any atom is 0.271 e. The first-order valence-electron chi connectivity index (χ1n) is 9.27. The van der Waals surface area contributed by atoms with Crippen LogP contribution in [0.3, 0.4) is 0 Å². The standard InChI is InChI=1S/C22H20ClN3O5S/c1-30-20-5-3-4-16(21(20)31-2)14-24-25-22(27)15-6-10-18(11-7-15)26-32(28,29)19-12-8-17(23)9-13-19/h3-14,26H,1-2H3,(H,25,27)/b24-14+. The summed E-state index contributed by atoms with van der Waals surface area (Å²) in [6.07, 6.45) is 1.44. The highest BCUT2D eigenvalue weighted by molar-refractivity contribution is 7.92. The van der Waals surface area contributed by atoms with Crippen LogP contribution >= 0.6 is 11.6 Å². The Balaban J connectivity index is 1.65. The lowest BCUT2D eigenvalue weighted by Gasteiger charge is -2.09. The summed E-state index contributed by atoms with van der Waals surface area (Å²) in [6.45, 7) is 0.